The normalized spacial score (nSPS) is 22.8. The van der Waals surface area contributed by atoms with Crippen LogP contribution in [-0.4, -0.2) is 50.1 Å². The maximum absolute atomic E-state index is 12.1. The van der Waals surface area contributed by atoms with Crippen LogP contribution in [0.4, 0.5) is 0 Å². The standard InChI is InChI=1S/C13H27N3O/c1-10(2)12(9-16(3)4)15-13(17)11-7-5-6-8-14-11/h10-12,14H,5-9H2,1-4H3,(H,15,17)/t11-,12?/m1/s1. The molecule has 1 fully saturated rings. The maximum Gasteiger partial charge on any atom is 0.237 e. The Bertz CT molecular complexity index is 235. The van der Waals surface area contributed by atoms with Gasteiger partial charge in [0.2, 0.25) is 5.91 Å². The van der Waals surface area contributed by atoms with E-state index in [9.17, 15) is 4.79 Å². The first-order valence-electron chi connectivity index (χ1n) is 6.69. The van der Waals surface area contributed by atoms with Gasteiger partial charge in [-0.3, -0.25) is 4.79 Å². The van der Waals surface area contributed by atoms with Crippen LogP contribution in [-0.2, 0) is 4.79 Å². The SMILES string of the molecule is CC(C)C(CN(C)C)NC(=O)[C@H]1CCCCN1. The van der Waals surface area contributed by atoms with Crippen molar-refractivity contribution in [3.8, 4) is 0 Å². The van der Waals surface area contributed by atoms with Crippen LogP contribution in [0.2, 0.25) is 0 Å². The van der Waals surface area contributed by atoms with Gasteiger partial charge in [0.25, 0.3) is 0 Å². The molecular formula is C13H27N3O. The number of amides is 1. The average molecular weight is 241 g/mol. The monoisotopic (exact) mass is 241 g/mol. The molecule has 0 spiro atoms. The molecular weight excluding hydrogens is 214 g/mol. The fourth-order valence-electron chi connectivity index (χ4n) is 2.18. The molecule has 1 rings (SSSR count). The first-order valence-corrected chi connectivity index (χ1v) is 6.69. The van der Waals surface area contributed by atoms with Gasteiger partial charge in [-0.15, -0.1) is 0 Å². The van der Waals surface area contributed by atoms with E-state index >= 15 is 0 Å². The molecule has 0 aromatic rings. The van der Waals surface area contributed by atoms with Crippen molar-refractivity contribution < 1.29 is 4.79 Å². The first-order chi connectivity index (χ1) is 8.00. The summed E-state index contributed by atoms with van der Waals surface area (Å²) < 4.78 is 0. The number of piperidine rings is 1. The van der Waals surface area contributed by atoms with E-state index in [-0.39, 0.29) is 18.0 Å². The Labute approximate surface area is 105 Å². The van der Waals surface area contributed by atoms with Crippen molar-refractivity contribution in [1.29, 1.82) is 0 Å². The Morgan fingerprint density at radius 3 is 2.59 bits per heavy atom. The number of nitrogens with zero attached hydrogens (tertiary/aromatic N) is 1. The smallest absolute Gasteiger partial charge is 0.237 e. The molecule has 1 aliphatic rings. The topological polar surface area (TPSA) is 44.4 Å². The molecule has 1 unspecified atom stereocenters. The van der Waals surface area contributed by atoms with Crippen LogP contribution in [0.25, 0.3) is 0 Å². The van der Waals surface area contributed by atoms with E-state index in [4.69, 9.17) is 0 Å². The van der Waals surface area contributed by atoms with Crippen molar-refractivity contribution >= 4 is 5.91 Å². The lowest BCUT2D eigenvalue weighted by atomic mass is 10.0. The summed E-state index contributed by atoms with van der Waals surface area (Å²) in [5, 5.41) is 6.47. The fraction of sp³-hybridized carbons (Fsp3) is 0.923. The highest BCUT2D eigenvalue weighted by Crippen LogP contribution is 2.09. The van der Waals surface area contributed by atoms with E-state index in [1.165, 1.54) is 6.42 Å². The van der Waals surface area contributed by atoms with E-state index < -0.39 is 0 Å². The van der Waals surface area contributed by atoms with E-state index in [0.717, 1.165) is 25.9 Å². The highest BCUT2D eigenvalue weighted by molar-refractivity contribution is 5.82. The highest BCUT2D eigenvalue weighted by atomic mass is 16.2. The summed E-state index contributed by atoms with van der Waals surface area (Å²) in [4.78, 5) is 14.2. The van der Waals surface area contributed by atoms with Gasteiger partial charge in [0.1, 0.15) is 0 Å². The molecule has 2 atom stereocenters. The molecule has 17 heavy (non-hydrogen) atoms. The minimum Gasteiger partial charge on any atom is -0.350 e. The number of likely N-dealkylation sites (N-methyl/N-ethyl adjacent to an activating group) is 1. The lowest BCUT2D eigenvalue weighted by Crippen LogP contribution is -2.53. The Kier molecular flexibility index (Phi) is 5.92. The van der Waals surface area contributed by atoms with E-state index in [2.05, 4.69) is 29.4 Å². The Hall–Kier alpha value is -0.610. The molecule has 1 amide bonds. The fourth-order valence-corrected chi connectivity index (χ4v) is 2.18. The lowest BCUT2D eigenvalue weighted by Gasteiger charge is -2.29. The summed E-state index contributed by atoms with van der Waals surface area (Å²) in [6.45, 7) is 6.18. The van der Waals surface area contributed by atoms with E-state index in [0.29, 0.717) is 5.92 Å². The van der Waals surface area contributed by atoms with Crippen LogP contribution in [0.3, 0.4) is 0 Å². The van der Waals surface area contributed by atoms with Gasteiger partial charge >= 0.3 is 0 Å². The third-order valence-corrected chi connectivity index (χ3v) is 3.32. The second-order valence-corrected chi connectivity index (χ2v) is 5.62. The summed E-state index contributed by atoms with van der Waals surface area (Å²) >= 11 is 0. The Morgan fingerprint density at radius 1 is 1.41 bits per heavy atom. The number of nitrogens with one attached hydrogen (secondary N) is 2. The zero-order valence-corrected chi connectivity index (χ0v) is 11.6. The summed E-state index contributed by atoms with van der Waals surface area (Å²) in [6.07, 6.45) is 3.32. The van der Waals surface area contributed by atoms with Gasteiger partial charge < -0.3 is 15.5 Å². The molecule has 0 saturated carbocycles. The van der Waals surface area contributed by atoms with Gasteiger partial charge in [-0.1, -0.05) is 20.3 Å². The van der Waals surface area contributed by atoms with Crippen LogP contribution in [0.5, 0.6) is 0 Å². The van der Waals surface area contributed by atoms with Gasteiger partial charge in [0.15, 0.2) is 0 Å². The minimum atomic E-state index is 0.0205. The largest absolute Gasteiger partial charge is 0.350 e. The second kappa shape index (κ2) is 6.97. The van der Waals surface area contributed by atoms with Crippen molar-refractivity contribution in [2.75, 3.05) is 27.2 Å². The summed E-state index contributed by atoms with van der Waals surface area (Å²) in [5.74, 6) is 0.634. The predicted octanol–water partition coefficient (Wildman–Crippen LogP) is 0.831. The zero-order chi connectivity index (χ0) is 12.8. The molecule has 1 heterocycles. The molecule has 100 valence electrons. The molecule has 0 radical (unpaired) electrons. The van der Waals surface area contributed by atoms with Gasteiger partial charge in [-0.2, -0.15) is 0 Å². The second-order valence-electron chi connectivity index (χ2n) is 5.62. The Morgan fingerprint density at radius 2 is 2.12 bits per heavy atom. The number of hydrogen-bond acceptors (Lipinski definition) is 3. The van der Waals surface area contributed by atoms with Crippen LogP contribution in [0.15, 0.2) is 0 Å². The molecule has 0 aromatic carbocycles. The van der Waals surface area contributed by atoms with E-state index in [1.54, 1.807) is 0 Å². The van der Waals surface area contributed by atoms with Crippen molar-refractivity contribution in [2.45, 2.75) is 45.2 Å². The van der Waals surface area contributed by atoms with Crippen molar-refractivity contribution in [2.24, 2.45) is 5.92 Å². The van der Waals surface area contributed by atoms with Gasteiger partial charge in [0, 0.05) is 12.6 Å². The number of hydrogen-bond donors (Lipinski definition) is 2. The Balaban J connectivity index is 2.44. The lowest BCUT2D eigenvalue weighted by molar-refractivity contribution is -0.124. The molecule has 0 aliphatic carbocycles. The first kappa shape index (κ1) is 14.5. The van der Waals surface area contributed by atoms with E-state index in [1.807, 2.05) is 14.1 Å². The van der Waals surface area contributed by atoms with Crippen LogP contribution < -0.4 is 10.6 Å². The maximum atomic E-state index is 12.1. The van der Waals surface area contributed by atoms with Crippen LogP contribution in [0.1, 0.15) is 33.1 Å². The molecule has 0 bridgehead atoms. The molecule has 4 nitrogen and oxygen atoms in total. The highest BCUT2D eigenvalue weighted by Gasteiger charge is 2.24. The van der Waals surface area contributed by atoms with Crippen LogP contribution in [0, 0.1) is 5.92 Å². The van der Waals surface area contributed by atoms with Gasteiger partial charge in [-0.05, 0) is 39.4 Å². The summed E-state index contributed by atoms with van der Waals surface area (Å²) in [6, 6.07) is 0.258. The summed E-state index contributed by atoms with van der Waals surface area (Å²) in [7, 11) is 4.08. The zero-order valence-electron chi connectivity index (χ0n) is 11.6. The minimum absolute atomic E-state index is 0.0205. The van der Waals surface area contributed by atoms with Crippen LogP contribution >= 0.6 is 0 Å². The number of carbonyl (C=O) groups is 1. The van der Waals surface area contributed by atoms with Gasteiger partial charge in [-0.25, -0.2) is 0 Å². The van der Waals surface area contributed by atoms with Crippen molar-refractivity contribution in [3.05, 3.63) is 0 Å². The average Bonchev–Trinajstić information content (AvgIpc) is 2.28. The number of rotatable bonds is 5. The predicted molar refractivity (Wildman–Crippen MR) is 71.0 cm³/mol. The number of carbonyl (C=O) groups excluding carboxylic acids is 1. The summed E-state index contributed by atoms with van der Waals surface area (Å²) in [5.41, 5.74) is 0. The molecule has 0 aromatic heterocycles. The van der Waals surface area contributed by atoms with Crippen molar-refractivity contribution in [3.63, 3.8) is 0 Å². The quantitative estimate of drug-likeness (QED) is 0.749. The molecule has 2 N–H and O–H groups in total. The van der Waals surface area contributed by atoms with Gasteiger partial charge in [0.05, 0.1) is 6.04 Å². The third kappa shape index (κ3) is 5.04. The van der Waals surface area contributed by atoms with Crippen molar-refractivity contribution in [1.82, 2.24) is 15.5 Å². The molecule has 4 heteroatoms. The molecule has 1 saturated heterocycles. The molecule has 1 aliphatic heterocycles. The third-order valence-electron chi connectivity index (χ3n) is 3.32.